The van der Waals surface area contributed by atoms with Crippen molar-refractivity contribution >= 4 is 17.1 Å². The molecule has 11 heteroatoms. The first-order valence-corrected chi connectivity index (χ1v) is 15.9. The third-order valence-corrected chi connectivity index (χ3v) is 8.30. The van der Waals surface area contributed by atoms with E-state index in [1.807, 2.05) is 60.7 Å². The molecule has 3 aromatic carbocycles. The van der Waals surface area contributed by atoms with Gasteiger partial charge >= 0.3 is 11.8 Å². The lowest BCUT2D eigenvalue weighted by atomic mass is 9.86. The molecule has 10 nitrogen and oxygen atoms in total. The highest BCUT2D eigenvalue weighted by atomic mass is 19.1. The van der Waals surface area contributed by atoms with E-state index in [9.17, 15) is 14.7 Å². The van der Waals surface area contributed by atoms with Crippen LogP contribution in [-0.4, -0.2) is 55.0 Å². The highest BCUT2D eigenvalue weighted by Gasteiger charge is 2.36. The van der Waals surface area contributed by atoms with E-state index in [1.54, 1.807) is 46.0 Å². The molecule has 0 bridgehead atoms. The van der Waals surface area contributed by atoms with Crippen LogP contribution in [0.15, 0.2) is 89.7 Å². The zero-order chi connectivity index (χ0) is 34.0. The molecule has 0 aliphatic carbocycles. The number of carbonyl (C=O) groups is 1. The molecule has 1 N–H and O–H groups in total. The molecule has 48 heavy (non-hydrogen) atoms. The highest BCUT2D eigenvalue weighted by Crippen LogP contribution is 2.37. The number of aryl methyl sites for hydroxylation is 1. The van der Waals surface area contributed by atoms with Crippen LogP contribution in [0, 0.1) is 5.82 Å². The van der Waals surface area contributed by atoms with Crippen molar-refractivity contribution in [2.45, 2.75) is 58.0 Å². The van der Waals surface area contributed by atoms with Crippen LogP contribution in [0.25, 0.3) is 16.7 Å². The first-order valence-electron chi connectivity index (χ1n) is 15.9. The summed E-state index contributed by atoms with van der Waals surface area (Å²) in [5, 5.41) is 11.2. The fraction of sp³-hybridized carbons (Fsp3) is 0.324. The number of imidazole rings is 1. The largest absolute Gasteiger partial charge is 0.473 e. The number of rotatable bonds is 8. The SMILES string of the molecule is Cn1c(=O)n(-c2ccc(OCc3ccccc3)nc2OCc2ccccc2)c2ccc(F)c([C@@H]3CCN(C(=O)OC(C)(C)C)C[C@H]3O)c21. The third kappa shape index (κ3) is 6.91. The van der Waals surface area contributed by atoms with Crippen molar-refractivity contribution in [3.05, 3.63) is 118 Å². The van der Waals surface area contributed by atoms with Gasteiger partial charge in [-0.15, -0.1) is 0 Å². The summed E-state index contributed by atoms with van der Waals surface area (Å²) >= 11 is 0. The number of fused-ring (bicyclic) bond motifs is 1. The van der Waals surface area contributed by atoms with Gasteiger partial charge in [0.1, 0.15) is 30.3 Å². The summed E-state index contributed by atoms with van der Waals surface area (Å²) in [7, 11) is 1.57. The van der Waals surface area contributed by atoms with Gasteiger partial charge in [0.15, 0.2) is 0 Å². The number of hydrogen-bond acceptors (Lipinski definition) is 7. The van der Waals surface area contributed by atoms with Crippen LogP contribution in [0.4, 0.5) is 9.18 Å². The Balaban J connectivity index is 1.37. The number of aliphatic hydroxyl groups excluding tert-OH is 1. The van der Waals surface area contributed by atoms with Gasteiger partial charge in [-0.2, -0.15) is 4.98 Å². The highest BCUT2D eigenvalue weighted by molar-refractivity contribution is 5.83. The number of pyridine rings is 1. The molecule has 2 aromatic heterocycles. The van der Waals surface area contributed by atoms with Gasteiger partial charge in [-0.25, -0.2) is 14.0 Å². The molecule has 2 atom stereocenters. The Bertz CT molecular complexity index is 1970. The molecule has 1 fully saturated rings. The van der Waals surface area contributed by atoms with Gasteiger partial charge in [0.05, 0.1) is 23.7 Å². The Morgan fingerprint density at radius 1 is 0.938 bits per heavy atom. The van der Waals surface area contributed by atoms with E-state index in [0.717, 1.165) is 11.1 Å². The molecular weight excluding hydrogens is 615 g/mol. The number of nitrogens with zero attached hydrogens (tertiary/aromatic N) is 4. The first kappa shape index (κ1) is 32.8. The monoisotopic (exact) mass is 654 g/mol. The van der Waals surface area contributed by atoms with Crippen LogP contribution in [0.2, 0.25) is 0 Å². The van der Waals surface area contributed by atoms with Gasteiger partial charge in [0.25, 0.3) is 0 Å². The Labute approximate surface area is 277 Å². The number of aliphatic hydroxyl groups is 1. The number of likely N-dealkylation sites (tertiary alicyclic amines) is 1. The summed E-state index contributed by atoms with van der Waals surface area (Å²) in [4.78, 5) is 32.7. The number of benzene rings is 3. The summed E-state index contributed by atoms with van der Waals surface area (Å²) in [5.41, 5.74) is 2.06. The molecule has 1 aliphatic rings. The lowest BCUT2D eigenvalue weighted by Gasteiger charge is -2.37. The number of halogens is 1. The van der Waals surface area contributed by atoms with Crippen molar-refractivity contribution in [2.24, 2.45) is 7.05 Å². The minimum absolute atomic E-state index is 0.0318. The van der Waals surface area contributed by atoms with Crippen molar-refractivity contribution in [2.75, 3.05) is 13.1 Å². The van der Waals surface area contributed by atoms with Crippen molar-refractivity contribution in [1.82, 2.24) is 19.0 Å². The Morgan fingerprint density at radius 2 is 1.58 bits per heavy atom. The fourth-order valence-corrected chi connectivity index (χ4v) is 6.03. The smallest absolute Gasteiger partial charge is 0.410 e. The molecule has 3 heterocycles. The molecule has 0 spiro atoms. The lowest BCUT2D eigenvalue weighted by Crippen LogP contribution is -2.47. The molecule has 0 saturated carbocycles. The van der Waals surface area contributed by atoms with Gasteiger partial charge in [0.2, 0.25) is 11.8 Å². The maximum Gasteiger partial charge on any atom is 0.410 e. The fourth-order valence-electron chi connectivity index (χ4n) is 6.03. The normalized spacial score (nSPS) is 16.6. The van der Waals surface area contributed by atoms with Crippen LogP contribution >= 0.6 is 0 Å². The van der Waals surface area contributed by atoms with Gasteiger partial charge in [0, 0.05) is 31.1 Å². The van der Waals surface area contributed by atoms with E-state index in [0.29, 0.717) is 22.6 Å². The number of carbonyl (C=O) groups excluding carboxylic acids is 1. The number of ether oxygens (including phenoxy) is 3. The molecule has 1 amide bonds. The van der Waals surface area contributed by atoms with E-state index >= 15 is 4.39 Å². The van der Waals surface area contributed by atoms with Crippen LogP contribution in [0.5, 0.6) is 11.8 Å². The second kappa shape index (κ2) is 13.5. The Morgan fingerprint density at radius 3 is 2.21 bits per heavy atom. The zero-order valence-corrected chi connectivity index (χ0v) is 27.4. The molecule has 5 aromatic rings. The molecule has 0 radical (unpaired) electrons. The number of hydrogen-bond donors (Lipinski definition) is 1. The zero-order valence-electron chi connectivity index (χ0n) is 27.4. The third-order valence-electron chi connectivity index (χ3n) is 8.30. The molecule has 250 valence electrons. The van der Waals surface area contributed by atoms with Crippen molar-refractivity contribution in [3.8, 4) is 17.4 Å². The van der Waals surface area contributed by atoms with E-state index in [1.165, 1.54) is 20.1 Å². The van der Waals surface area contributed by atoms with Crippen LogP contribution in [0.1, 0.15) is 49.8 Å². The van der Waals surface area contributed by atoms with E-state index in [4.69, 9.17) is 14.2 Å². The quantitative estimate of drug-likeness (QED) is 0.215. The standard InChI is InChI=1S/C37H39FN4O6/c1-37(2,3)48-36(45)41-20-19-26(30(43)21-41)32-27(38)15-16-28-33(32)40(4)35(44)42(28)29-17-18-31(46-22-24-11-7-5-8-12-24)39-34(29)47-23-25-13-9-6-10-14-25/h5-18,26,30,43H,19-23H2,1-4H3/t26-,30-/m1/s1. The average molecular weight is 655 g/mol. The number of aromatic nitrogens is 3. The average Bonchev–Trinajstić information content (AvgIpc) is 3.32. The Kier molecular flexibility index (Phi) is 9.23. The van der Waals surface area contributed by atoms with Crippen LogP contribution in [0.3, 0.4) is 0 Å². The lowest BCUT2D eigenvalue weighted by molar-refractivity contribution is -0.00168. The van der Waals surface area contributed by atoms with Gasteiger partial charge in [-0.05, 0) is 56.5 Å². The van der Waals surface area contributed by atoms with E-state index < -0.39 is 35.2 Å². The van der Waals surface area contributed by atoms with Crippen molar-refractivity contribution in [3.63, 3.8) is 0 Å². The minimum Gasteiger partial charge on any atom is -0.473 e. The second-order valence-electron chi connectivity index (χ2n) is 12.9. The summed E-state index contributed by atoms with van der Waals surface area (Å²) in [5.74, 6) is -0.746. The van der Waals surface area contributed by atoms with Gasteiger partial charge in [-0.1, -0.05) is 60.7 Å². The van der Waals surface area contributed by atoms with Crippen LogP contribution < -0.4 is 15.2 Å². The minimum atomic E-state index is -1.09. The predicted molar refractivity (Wildman–Crippen MR) is 179 cm³/mol. The van der Waals surface area contributed by atoms with Crippen LogP contribution in [-0.2, 0) is 25.0 Å². The van der Waals surface area contributed by atoms with E-state index in [-0.39, 0.29) is 44.2 Å². The topological polar surface area (TPSA) is 108 Å². The molecule has 1 saturated heterocycles. The number of amides is 1. The summed E-state index contributed by atoms with van der Waals surface area (Å²) < 4.78 is 36.2. The van der Waals surface area contributed by atoms with Gasteiger partial charge < -0.3 is 24.2 Å². The molecule has 6 rings (SSSR count). The molecule has 0 unspecified atom stereocenters. The first-order chi connectivity index (χ1) is 23.0. The van der Waals surface area contributed by atoms with Crippen molar-refractivity contribution in [1.29, 1.82) is 0 Å². The second-order valence-corrected chi connectivity index (χ2v) is 12.9. The molecular formula is C37H39FN4O6. The van der Waals surface area contributed by atoms with Crippen molar-refractivity contribution < 1.29 is 28.5 Å². The number of piperidine rings is 1. The Hall–Kier alpha value is -5.16. The maximum atomic E-state index is 15.7. The summed E-state index contributed by atoms with van der Waals surface area (Å²) in [6.07, 6.45) is -1.35. The maximum absolute atomic E-state index is 15.7. The van der Waals surface area contributed by atoms with Gasteiger partial charge in [-0.3, -0.25) is 9.13 Å². The molecule has 1 aliphatic heterocycles. The predicted octanol–water partition coefficient (Wildman–Crippen LogP) is 6.11. The van der Waals surface area contributed by atoms with E-state index in [2.05, 4.69) is 4.98 Å². The summed E-state index contributed by atoms with van der Waals surface area (Å²) in [6.45, 7) is 6.02. The summed E-state index contributed by atoms with van der Waals surface area (Å²) in [6, 6.07) is 25.5. The number of β-amino-alcohol motifs (C(OH)–C–C–N with tert-alkyl or cyclic N) is 1.